The molecule has 0 saturated heterocycles. The van der Waals surface area contributed by atoms with Crippen LogP contribution in [0, 0.1) is 5.92 Å². The molecule has 0 amide bonds. The fourth-order valence-electron chi connectivity index (χ4n) is 3.33. The first kappa shape index (κ1) is 17.4. The Bertz CT molecular complexity index is 859. The average Bonchev–Trinajstić information content (AvgIpc) is 2.61. The van der Waals surface area contributed by atoms with E-state index in [4.69, 9.17) is 0 Å². The zero-order chi connectivity index (χ0) is 17.8. The highest BCUT2D eigenvalue weighted by molar-refractivity contribution is 6.00. The second-order valence-electron chi connectivity index (χ2n) is 7.43. The van der Waals surface area contributed by atoms with Crippen LogP contribution in [-0.2, 0) is 6.42 Å². The molecule has 0 spiro atoms. The minimum Gasteiger partial charge on any atom is -0.294 e. The molecule has 0 fully saturated rings. The van der Waals surface area contributed by atoms with Gasteiger partial charge in [-0.05, 0) is 46.2 Å². The highest BCUT2D eigenvalue weighted by Crippen LogP contribution is 2.24. The lowest BCUT2D eigenvalue weighted by atomic mass is 9.91. The van der Waals surface area contributed by atoms with Gasteiger partial charge >= 0.3 is 0 Å². The Morgan fingerprint density at radius 2 is 1.52 bits per heavy atom. The average molecular weight is 330 g/mol. The lowest BCUT2D eigenvalue weighted by Crippen LogP contribution is -2.05. The molecular weight excluding hydrogens is 304 g/mol. The van der Waals surface area contributed by atoms with Crippen molar-refractivity contribution in [3.05, 3.63) is 83.4 Å². The largest absolute Gasteiger partial charge is 0.294 e. The molecule has 1 nitrogen and oxygen atoms in total. The van der Waals surface area contributed by atoms with Gasteiger partial charge in [0.05, 0.1) is 0 Å². The first-order chi connectivity index (χ1) is 12.0. The first-order valence-electron chi connectivity index (χ1n) is 9.14. The lowest BCUT2D eigenvalue weighted by molar-refractivity contribution is 0.0976. The van der Waals surface area contributed by atoms with Crippen molar-refractivity contribution in [3.8, 4) is 0 Å². The lowest BCUT2D eigenvalue weighted by Gasteiger charge is -2.13. The van der Waals surface area contributed by atoms with Gasteiger partial charge in [-0.15, -0.1) is 0 Å². The number of ketones is 1. The van der Waals surface area contributed by atoms with Crippen LogP contribution in [0.3, 0.4) is 0 Å². The summed E-state index contributed by atoms with van der Waals surface area (Å²) in [4.78, 5) is 12.7. The highest BCUT2D eigenvalue weighted by Gasteiger charge is 2.13. The van der Waals surface area contributed by atoms with Crippen molar-refractivity contribution in [2.24, 2.45) is 5.92 Å². The molecular formula is C24H26O. The van der Waals surface area contributed by atoms with E-state index < -0.39 is 0 Å². The molecule has 0 N–H and O–H groups in total. The SMILES string of the molecule is CC(C)Cc1ccc(C(C)CC(=O)c2ccc3ccccc3c2)cc1. The summed E-state index contributed by atoms with van der Waals surface area (Å²) in [6.07, 6.45) is 1.65. The maximum atomic E-state index is 12.7. The third-order valence-corrected chi connectivity index (χ3v) is 4.76. The van der Waals surface area contributed by atoms with E-state index in [1.165, 1.54) is 16.5 Å². The van der Waals surface area contributed by atoms with Crippen LogP contribution in [0.1, 0.15) is 54.6 Å². The minimum atomic E-state index is 0.213. The number of rotatable bonds is 6. The molecule has 3 aromatic carbocycles. The Labute approximate surface area is 150 Å². The van der Waals surface area contributed by atoms with Crippen LogP contribution in [0.25, 0.3) is 10.8 Å². The van der Waals surface area contributed by atoms with E-state index in [-0.39, 0.29) is 11.7 Å². The molecule has 0 bridgehead atoms. The standard InChI is InChI=1S/C24H26O/c1-17(2)14-19-8-10-20(11-9-19)18(3)15-24(25)23-13-12-21-6-4-5-7-22(21)16-23/h4-13,16-18H,14-15H2,1-3H3. The molecule has 0 aliphatic rings. The van der Waals surface area contributed by atoms with E-state index in [2.05, 4.69) is 57.2 Å². The van der Waals surface area contributed by atoms with Crippen molar-refractivity contribution in [2.45, 2.75) is 39.5 Å². The van der Waals surface area contributed by atoms with Gasteiger partial charge in [0.2, 0.25) is 0 Å². The summed E-state index contributed by atoms with van der Waals surface area (Å²) >= 11 is 0. The summed E-state index contributed by atoms with van der Waals surface area (Å²) in [5.41, 5.74) is 3.41. The summed E-state index contributed by atoms with van der Waals surface area (Å²) in [5.74, 6) is 1.11. The number of hydrogen-bond donors (Lipinski definition) is 0. The van der Waals surface area contributed by atoms with E-state index >= 15 is 0 Å². The molecule has 1 atom stereocenters. The monoisotopic (exact) mass is 330 g/mol. The number of hydrogen-bond acceptors (Lipinski definition) is 1. The zero-order valence-corrected chi connectivity index (χ0v) is 15.3. The molecule has 0 aliphatic heterocycles. The van der Waals surface area contributed by atoms with E-state index in [0.717, 1.165) is 17.4 Å². The molecule has 3 rings (SSSR count). The highest BCUT2D eigenvalue weighted by atomic mass is 16.1. The molecule has 0 heterocycles. The number of carbonyl (C=O) groups is 1. The minimum absolute atomic E-state index is 0.213. The third-order valence-electron chi connectivity index (χ3n) is 4.76. The molecule has 0 radical (unpaired) electrons. The number of benzene rings is 3. The second-order valence-corrected chi connectivity index (χ2v) is 7.43. The van der Waals surface area contributed by atoms with E-state index in [0.29, 0.717) is 12.3 Å². The number of Topliss-reactive ketones (excluding diaryl/α,β-unsaturated/α-hetero) is 1. The van der Waals surface area contributed by atoms with E-state index in [9.17, 15) is 4.79 Å². The number of carbonyl (C=O) groups excluding carboxylic acids is 1. The fourth-order valence-corrected chi connectivity index (χ4v) is 3.33. The second kappa shape index (κ2) is 7.65. The quantitative estimate of drug-likeness (QED) is 0.477. The Morgan fingerprint density at radius 1 is 0.840 bits per heavy atom. The van der Waals surface area contributed by atoms with Crippen LogP contribution < -0.4 is 0 Å². The van der Waals surface area contributed by atoms with Crippen LogP contribution in [0.5, 0.6) is 0 Å². The Hall–Kier alpha value is -2.41. The predicted octanol–water partition coefficient (Wildman–Crippen LogP) is 6.41. The molecule has 128 valence electrons. The van der Waals surface area contributed by atoms with Gasteiger partial charge in [-0.3, -0.25) is 4.79 Å². The molecule has 1 unspecified atom stereocenters. The number of fused-ring (bicyclic) bond motifs is 1. The van der Waals surface area contributed by atoms with Crippen LogP contribution in [0.15, 0.2) is 66.7 Å². The van der Waals surface area contributed by atoms with Crippen molar-refractivity contribution in [2.75, 3.05) is 0 Å². The molecule has 25 heavy (non-hydrogen) atoms. The fraction of sp³-hybridized carbons (Fsp3) is 0.292. The van der Waals surface area contributed by atoms with Gasteiger partial charge in [0.25, 0.3) is 0 Å². The van der Waals surface area contributed by atoms with Crippen molar-refractivity contribution in [1.82, 2.24) is 0 Å². The summed E-state index contributed by atoms with van der Waals surface area (Å²) in [5, 5.41) is 2.30. The molecule has 0 aromatic heterocycles. The normalized spacial score (nSPS) is 12.5. The van der Waals surface area contributed by atoms with Gasteiger partial charge < -0.3 is 0 Å². The third kappa shape index (κ3) is 4.36. The van der Waals surface area contributed by atoms with Gasteiger partial charge in [-0.2, -0.15) is 0 Å². The van der Waals surface area contributed by atoms with Crippen LogP contribution >= 0.6 is 0 Å². The molecule has 3 aromatic rings. The van der Waals surface area contributed by atoms with Gasteiger partial charge in [0, 0.05) is 12.0 Å². The molecule has 1 heteroatoms. The Morgan fingerprint density at radius 3 is 2.20 bits per heavy atom. The molecule has 0 saturated carbocycles. The van der Waals surface area contributed by atoms with Crippen LogP contribution in [-0.4, -0.2) is 5.78 Å². The summed E-state index contributed by atoms with van der Waals surface area (Å²) in [6.45, 7) is 6.61. The maximum Gasteiger partial charge on any atom is 0.163 e. The first-order valence-corrected chi connectivity index (χ1v) is 9.14. The summed E-state index contributed by atoms with van der Waals surface area (Å²) < 4.78 is 0. The van der Waals surface area contributed by atoms with Crippen LogP contribution in [0.4, 0.5) is 0 Å². The summed E-state index contributed by atoms with van der Waals surface area (Å²) in [7, 11) is 0. The van der Waals surface area contributed by atoms with Crippen molar-refractivity contribution < 1.29 is 4.79 Å². The Kier molecular flexibility index (Phi) is 5.33. The van der Waals surface area contributed by atoms with Crippen molar-refractivity contribution in [1.29, 1.82) is 0 Å². The van der Waals surface area contributed by atoms with Crippen LogP contribution in [0.2, 0.25) is 0 Å². The zero-order valence-electron chi connectivity index (χ0n) is 15.3. The van der Waals surface area contributed by atoms with Crippen molar-refractivity contribution in [3.63, 3.8) is 0 Å². The van der Waals surface area contributed by atoms with E-state index in [1.54, 1.807) is 0 Å². The topological polar surface area (TPSA) is 17.1 Å². The summed E-state index contributed by atoms with van der Waals surface area (Å²) in [6, 6.07) is 22.9. The van der Waals surface area contributed by atoms with E-state index in [1.807, 2.05) is 30.3 Å². The smallest absolute Gasteiger partial charge is 0.163 e. The van der Waals surface area contributed by atoms with Crippen molar-refractivity contribution >= 4 is 16.6 Å². The van der Waals surface area contributed by atoms with Gasteiger partial charge in [-0.1, -0.05) is 81.4 Å². The maximum absolute atomic E-state index is 12.7. The molecule has 0 aliphatic carbocycles. The van der Waals surface area contributed by atoms with Gasteiger partial charge in [0.15, 0.2) is 5.78 Å². The van der Waals surface area contributed by atoms with Gasteiger partial charge in [0.1, 0.15) is 0 Å². The predicted molar refractivity (Wildman–Crippen MR) is 106 cm³/mol. The Balaban J connectivity index is 1.70. The van der Waals surface area contributed by atoms with Gasteiger partial charge in [-0.25, -0.2) is 0 Å².